The molecule has 0 saturated heterocycles. The lowest BCUT2D eigenvalue weighted by Crippen LogP contribution is -1.88. The molecule has 0 unspecified atom stereocenters. The number of hydrogen-bond acceptors (Lipinski definition) is 2. The lowest BCUT2D eigenvalue weighted by molar-refractivity contribution is 0.282. The summed E-state index contributed by atoms with van der Waals surface area (Å²) >= 11 is 0. The summed E-state index contributed by atoms with van der Waals surface area (Å²) in [6.45, 7) is 0.351. The fraction of sp³-hybridized carbons (Fsp3) is 1.00. The van der Waals surface area contributed by atoms with Crippen molar-refractivity contribution in [2.24, 2.45) is 0 Å². The molecule has 0 aromatic heterocycles. The molecule has 0 aliphatic heterocycles. The van der Waals surface area contributed by atoms with Crippen molar-refractivity contribution in [3.63, 3.8) is 0 Å². The molecule has 0 spiro atoms. The highest BCUT2D eigenvalue weighted by atomic mass is 31.2. The van der Waals surface area contributed by atoms with Gasteiger partial charge in [-0.25, -0.2) is 0 Å². The monoisotopic (exact) mass is 406 g/mol. The van der Waals surface area contributed by atoms with Gasteiger partial charge in [0.05, 0.1) is 0 Å². The third-order valence-corrected chi connectivity index (χ3v) is 6.26. The summed E-state index contributed by atoms with van der Waals surface area (Å²) in [4.78, 5) is 17.6. The normalized spacial score (nSPS) is 12.0. The first-order chi connectivity index (χ1) is 13.1. The Kier molecular flexibility index (Phi) is 20.9. The number of aliphatic hydroxyl groups is 1. The van der Waals surface area contributed by atoms with Crippen LogP contribution in [0.5, 0.6) is 0 Å². The van der Waals surface area contributed by atoms with E-state index >= 15 is 0 Å². The first-order valence-electron chi connectivity index (χ1n) is 11.7. The molecule has 0 aromatic carbocycles. The Bertz CT molecular complexity index is 330. The minimum atomic E-state index is -3.77. The maximum absolute atomic E-state index is 10.7. The van der Waals surface area contributed by atoms with Crippen LogP contribution in [0.1, 0.15) is 128 Å². The summed E-state index contributed by atoms with van der Waals surface area (Å²) in [7, 11) is -3.77. The minimum absolute atomic E-state index is 0.0540. The molecule has 0 atom stereocenters. The van der Waals surface area contributed by atoms with Crippen molar-refractivity contribution in [2.45, 2.75) is 128 Å². The minimum Gasteiger partial charge on any atom is -0.396 e. The number of hydrogen-bond donors (Lipinski definition) is 3. The van der Waals surface area contributed by atoms with E-state index in [4.69, 9.17) is 14.9 Å². The topological polar surface area (TPSA) is 77.8 Å². The molecule has 0 amide bonds. The van der Waals surface area contributed by atoms with Crippen molar-refractivity contribution in [1.82, 2.24) is 0 Å². The van der Waals surface area contributed by atoms with Crippen molar-refractivity contribution in [3.05, 3.63) is 0 Å². The van der Waals surface area contributed by atoms with Crippen molar-refractivity contribution >= 4 is 7.60 Å². The second kappa shape index (κ2) is 20.8. The van der Waals surface area contributed by atoms with Gasteiger partial charge in [-0.3, -0.25) is 4.57 Å². The fourth-order valence-corrected chi connectivity index (χ4v) is 4.25. The molecule has 4 nitrogen and oxygen atoms in total. The highest BCUT2D eigenvalue weighted by molar-refractivity contribution is 7.51. The second-order valence-electron chi connectivity index (χ2n) is 8.18. The Labute approximate surface area is 168 Å². The van der Waals surface area contributed by atoms with E-state index in [2.05, 4.69) is 0 Å². The smallest absolute Gasteiger partial charge is 0.325 e. The summed E-state index contributed by atoms with van der Waals surface area (Å²) in [6.07, 6.45) is 25.2. The molecule has 0 heterocycles. The van der Waals surface area contributed by atoms with Gasteiger partial charge in [-0.15, -0.1) is 0 Å². The third-order valence-electron chi connectivity index (χ3n) is 5.36. The van der Waals surface area contributed by atoms with E-state index in [1.807, 2.05) is 0 Å². The summed E-state index contributed by atoms with van der Waals surface area (Å²) in [5, 5.41) is 8.72. The van der Waals surface area contributed by atoms with Crippen LogP contribution in [0.2, 0.25) is 0 Å². The molecule has 0 aromatic rings. The average molecular weight is 407 g/mol. The lowest BCUT2D eigenvalue weighted by atomic mass is 10.0. The van der Waals surface area contributed by atoms with E-state index in [0.29, 0.717) is 13.0 Å². The van der Waals surface area contributed by atoms with Crippen LogP contribution < -0.4 is 0 Å². The van der Waals surface area contributed by atoms with Gasteiger partial charge in [0.1, 0.15) is 0 Å². The standard InChI is InChI=1S/C22H47O4P/c23-21-19-17-15-13-11-9-7-5-3-1-2-4-6-8-10-12-14-16-18-20-22-27(24,25)26/h23H,1-22H2,(H2,24,25,26). The maximum Gasteiger partial charge on any atom is 0.325 e. The van der Waals surface area contributed by atoms with Crippen molar-refractivity contribution in [2.75, 3.05) is 12.8 Å². The van der Waals surface area contributed by atoms with Gasteiger partial charge in [0, 0.05) is 12.8 Å². The van der Waals surface area contributed by atoms with Gasteiger partial charge in [0.15, 0.2) is 0 Å². The van der Waals surface area contributed by atoms with Gasteiger partial charge in [-0.2, -0.15) is 0 Å². The van der Waals surface area contributed by atoms with Crippen LogP contribution in [0.3, 0.4) is 0 Å². The zero-order valence-electron chi connectivity index (χ0n) is 17.8. The molecular formula is C22H47O4P. The molecule has 3 N–H and O–H groups in total. The molecule has 5 heteroatoms. The lowest BCUT2D eigenvalue weighted by Gasteiger charge is -2.04. The molecule has 164 valence electrons. The molecule has 0 fully saturated rings. The number of unbranched alkanes of at least 4 members (excludes halogenated alkanes) is 19. The van der Waals surface area contributed by atoms with Crippen LogP contribution in [-0.2, 0) is 4.57 Å². The van der Waals surface area contributed by atoms with E-state index in [9.17, 15) is 4.57 Å². The van der Waals surface area contributed by atoms with E-state index in [0.717, 1.165) is 19.3 Å². The Morgan fingerprint density at radius 3 is 0.852 bits per heavy atom. The Morgan fingerprint density at radius 1 is 0.407 bits per heavy atom. The molecule has 0 bridgehead atoms. The van der Waals surface area contributed by atoms with Crippen molar-refractivity contribution in [3.8, 4) is 0 Å². The maximum atomic E-state index is 10.7. The Hall–Kier alpha value is 0.110. The summed E-state index contributed by atoms with van der Waals surface area (Å²) in [6, 6.07) is 0. The predicted molar refractivity (Wildman–Crippen MR) is 116 cm³/mol. The van der Waals surface area contributed by atoms with E-state index in [1.54, 1.807) is 0 Å². The van der Waals surface area contributed by atoms with E-state index in [-0.39, 0.29) is 6.16 Å². The van der Waals surface area contributed by atoms with Gasteiger partial charge < -0.3 is 14.9 Å². The summed E-state index contributed by atoms with van der Waals surface area (Å²) < 4.78 is 10.7. The predicted octanol–water partition coefficient (Wildman–Crippen LogP) is 6.96. The molecule has 27 heavy (non-hydrogen) atoms. The van der Waals surface area contributed by atoms with Gasteiger partial charge in [0.2, 0.25) is 0 Å². The van der Waals surface area contributed by atoms with Crippen LogP contribution >= 0.6 is 7.60 Å². The summed E-state index contributed by atoms with van der Waals surface area (Å²) in [5.41, 5.74) is 0. The van der Waals surface area contributed by atoms with Gasteiger partial charge in [-0.1, -0.05) is 116 Å². The first-order valence-corrected chi connectivity index (χ1v) is 13.5. The molecule has 0 aliphatic rings. The molecule has 0 rings (SSSR count). The first kappa shape index (κ1) is 27.1. The zero-order valence-corrected chi connectivity index (χ0v) is 18.6. The van der Waals surface area contributed by atoms with Crippen LogP contribution in [0.15, 0.2) is 0 Å². The fourth-order valence-electron chi connectivity index (χ4n) is 3.61. The van der Waals surface area contributed by atoms with E-state index in [1.165, 1.54) is 103 Å². The second-order valence-corrected chi connectivity index (χ2v) is 9.96. The average Bonchev–Trinajstić information content (AvgIpc) is 2.62. The van der Waals surface area contributed by atoms with Gasteiger partial charge >= 0.3 is 7.60 Å². The van der Waals surface area contributed by atoms with Gasteiger partial charge in [-0.05, 0) is 12.8 Å². The third kappa shape index (κ3) is 26.1. The number of rotatable bonds is 22. The van der Waals surface area contributed by atoms with Crippen LogP contribution in [-0.4, -0.2) is 27.7 Å². The highest BCUT2D eigenvalue weighted by Crippen LogP contribution is 2.35. The molecule has 0 aliphatic carbocycles. The molecule has 0 radical (unpaired) electrons. The highest BCUT2D eigenvalue weighted by Gasteiger charge is 2.10. The quantitative estimate of drug-likeness (QED) is 0.134. The largest absolute Gasteiger partial charge is 0.396 e. The molecule has 0 saturated carbocycles. The SMILES string of the molecule is O=P(O)(O)CCCCCCCCCCCCCCCCCCCCCCO. The summed E-state index contributed by atoms with van der Waals surface area (Å²) in [5.74, 6) is 0. The number of aliphatic hydroxyl groups excluding tert-OH is 1. The Balaban J connectivity index is 3.02. The zero-order chi connectivity index (χ0) is 20.1. The van der Waals surface area contributed by atoms with Crippen LogP contribution in [0.4, 0.5) is 0 Å². The Morgan fingerprint density at radius 2 is 0.630 bits per heavy atom. The van der Waals surface area contributed by atoms with E-state index < -0.39 is 7.60 Å². The van der Waals surface area contributed by atoms with Crippen molar-refractivity contribution in [1.29, 1.82) is 0 Å². The van der Waals surface area contributed by atoms with Gasteiger partial charge in [0.25, 0.3) is 0 Å². The van der Waals surface area contributed by atoms with Crippen LogP contribution in [0.25, 0.3) is 0 Å². The molecular weight excluding hydrogens is 359 g/mol. The van der Waals surface area contributed by atoms with Crippen LogP contribution in [0, 0.1) is 0 Å². The van der Waals surface area contributed by atoms with Crippen molar-refractivity contribution < 1.29 is 19.5 Å².